The summed E-state index contributed by atoms with van der Waals surface area (Å²) in [5.41, 5.74) is -1.31. The van der Waals surface area contributed by atoms with E-state index in [0.29, 0.717) is 5.95 Å². The molecule has 0 aliphatic rings. The lowest BCUT2D eigenvalue weighted by Crippen LogP contribution is -2.21. The number of hydrogen-bond acceptors (Lipinski definition) is 4. The van der Waals surface area contributed by atoms with Gasteiger partial charge in [-0.1, -0.05) is 23.7 Å². The van der Waals surface area contributed by atoms with E-state index in [-0.39, 0.29) is 32.8 Å². The maximum absolute atomic E-state index is 13.2. The summed E-state index contributed by atoms with van der Waals surface area (Å²) in [6.45, 7) is 0. The largest absolute Gasteiger partial charge is 0.433 e. The van der Waals surface area contributed by atoms with Gasteiger partial charge in [0.15, 0.2) is 0 Å². The second-order valence-corrected chi connectivity index (χ2v) is 6.12. The fraction of sp³-hybridized carbons (Fsp3) is 0.118. The van der Waals surface area contributed by atoms with Crippen molar-refractivity contribution in [2.75, 3.05) is 12.4 Å². The lowest BCUT2D eigenvalue weighted by molar-refractivity contribution is -0.141. The van der Waals surface area contributed by atoms with E-state index >= 15 is 0 Å². The van der Waals surface area contributed by atoms with Gasteiger partial charge in [0, 0.05) is 12.4 Å². The van der Waals surface area contributed by atoms with Gasteiger partial charge >= 0.3 is 6.18 Å². The quantitative estimate of drug-likeness (QED) is 0.540. The number of para-hydroxylation sites is 1. The number of anilines is 1. The maximum Gasteiger partial charge on any atom is 0.433 e. The molecule has 2 N–H and O–H groups in total. The lowest BCUT2D eigenvalue weighted by Gasteiger charge is -2.13. The average molecular weight is 394 g/mol. The number of aromatic amines is 1. The summed E-state index contributed by atoms with van der Waals surface area (Å²) < 4.78 is 40.6. The number of H-pyrrole nitrogens is 1. The molecule has 1 aromatic carbocycles. The Morgan fingerprint density at radius 1 is 1.15 bits per heavy atom. The highest BCUT2D eigenvalue weighted by molar-refractivity contribution is 6.32. The van der Waals surface area contributed by atoms with E-state index in [9.17, 15) is 18.0 Å². The first-order valence-electron chi connectivity index (χ1n) is 7.76. The summed E-state index contributed by atoms with van der Waals surface area (Å²) in [5.74, 6) is 0.306. The van der Waals surface area contributed by atoms with Crippen molar-refractivity contribution in [1.29, 1.82) is 0 Å². The van der Waals surface area contributed by atoms with Crippen LogP contribution >= 0.6 is 11.6 Å². The van der Waals surface area contributed by atoms with Crippen LogP contribution in [-0.4, -0.2) is 26.6 Å². The zero-order chi connectivity index (χ0) is 19.3. The summed E-state index contributed by atoms with van der Waals surface area (Å²) in [7, 11) is 1.60. The zero-order valence-corrected chi connectivity index (χ0v) is 14.5. The number of imidazole rings is 1. The Kier molecular flexibility index (Phi) is 3.84. The van der Waals surface area contributed by atoms with Gasteiger partial charge in [0.25, 0.3) is 5.56 Å². The van der Waals surface area contributed by atoms with Crippen LogP contribution < -0.4 is 10.9 Å². The third-order valence-electron chi connectivity index (χ3n) is 4.08. The Morgan fingerprint density at radius 3 is 2.56 bits per heavy atom. The molecule has 0 amide bonds. The fourth-order valence-electron chi connectivity index (χ4n) is 2.87. The highest BCUT2D eigenvalue weighted by atomic mass is 35.5. The topological polar surface area (TPSA) is 75.6 Å². The highest BCUT2D eigenvalue weighted by Gasteiger charge is 2.33. The molecule has 3 aromatic heterocycles. The van der Waals surface area contributed by atoms with Gasteiger partial charge in [0.1, 0.15) is 22.4 Å². The Balaban J connectivity index is 2.23. The van der Waals surface area contributed by atoms with Gasteiger partial charge in [0.2, 0.25) is 5.95 Å². The van der Waals surface area contributed by atoms with E-state index in [4.69, 9.17) is 11.6 Å². The van der Waals surface area contributed by atoms with Crippen LogP contribution in [0.3, 0.4) is 0 Å². The fourth-order valence-corrected chi connectivity index (χ4v) is 3.09. The average Bonchev–Trinajstić information content (AvgIpc) is 3.07. The number of pyridine rings is 2. The number of nitrogens with zero attached hydrogens (tertiary/aromatic N) is 3. The molecule has 4 rings (SSSR count). The number of alkyl halides is 3. The number of fused-ring (bicyclic) bond motifs is 3. The predicted octanol–water partition coefficient (Wildman–Crippen LogP) is 3.98. The predicted molar refractivity (Wildman–Crippen MR) is 96.6 cm³/mol. The molecule has 0 atom stereocenters. The third kappa shape index (κ3) is 2.71. The van der Waals surface area contributed by atoms with Gasteiger partial charge in [-0.05, 0) is 24.3 Å². The molecule has 3 heterocycles. The molecule has 138 valence electrons. The minimum atomic E-state index is -4.66. The molecule has 4 aromatic rings. The van der Waals surface area contributed by atoms with Gasteiger partial charge in [-0.3, -0.25) is 9.36 Å². The maximum atomic E-state index is 13.2. The Labute approximate surface area is 154 Å². The van der Waals surface area contributed by atoms with Crippen LogP contribution in [0.2, 0.25) is 5.02 Å². The summed E-state index contributed by atoms with van der Waals surface area (Å²) >= 11 is 6.20. The summed E-state index contributed by atoms with van der Waals surface area (Å²) in [6.07, 6.45) is -4.66. The molecule has 10 heteroatoms. The van der Waals surface area contributed by atoms with Crippen LogP contribution in [0.1, 0.15) is 5.69 Å². The van der Waals surface area contributed by atoms with Crippen LogP contribution in [0.5, 0.6) is 0 Å². The monoisotopic (exact) mass is 393 g/mol. The second kappa shape index (κ2) is 5.98. The van der Waals surface area contributed by atoms with Crippen LogP contribution in [0.15, 0.2) is 41.2 Å². The van der Waals surface area contributed by atoms with Crippen molar-refractivity contribution < 1.29 is 13.2 Å². The first-order chi connectivity index (χ1) is 12.8. The number of aromatic nitrogens is 4. The van der Waals surface area contributed by atoms with Gasteiger partial charge in [-0.15, -0.1) is 0 Å². The first kappa shape index (κ1) is 17.3. The molecule has 0 spiro atoms. The number of hydrogen-bond donors (Lipinski definition) is 2. The lowest BCUT2D eigenvalue weighted by atomic mass is 10.2. The zero-order valence-electron chi connectivity index (χ0n) is 13.7. The van der Waals surface area contributed by atoms with E-state index in [1.807, 2.05) is 0 Å². The van der Waals surface area contributed by atoms with Crippen molar-refractivity contribution >= 4 is 39.6 Å². The van der Waals surface area contributed by atoms with E-state index in [1.54, 1.807) is 25.2 Å². The van der Waals surface area contributed by atoms with Crippen LogP contribution in [-0.2, 0) is 6.18 Å². The summed E-state index contributed by atoms with van der Waals surface area (Å²) in [5, 5.41) is 3.26. The molecule has 0 saturated heterocycles. The molecule has 0 aliphatic carbocycles. The van der Waals surface area contributed by atoms with Gasteiger partial charge in [-0.25, -0.2) is 9.97 Å². The number of halogens is 4. The van der Waals surface area contributed by atoms with Crippen LogP contribution in [0.25, 0.3) is 27.8 Å². The SMILES string of the molecule is CNc1nc2c([nH]1)c(=O)n(-c1ccccc1Cl)c1nc(C(F)(F)F)ccc21. The molecule has 0 aliphatic heterocycles. The van der Waals surface area contributed by atoms with Crippen molar-refractivity contribution in [2.45, 2.75) is 6.18 Å². The first-order valence-corrected chi connectivity index (χ1v) is 8.14. The summed E-state index contributed by atoms with van der Waals surface area (Å²) in [6, 6.07) is 8.47. The smallest absolute Gasteiger partial charge is 0.359 e. The molecule has 0 radical (unpaired) electrons. The molecular weight excluding hydrogens is 383 g/mol. The van der Waals surface area contributed by atoms with Crippen molar-refractivity contribution in [2.24, 2.45) is 0 Å². The Morgan fingerprint density at radius 2 is 1.89 bits per heavy atom. The molecule has 27 heavy (non-hydrogen) atoms. The summed E-state index contributed by atoms with van der Waals surface area (Å²) in [4.78, 5) is 23.9. The van der Waals surface area contributed by atoms with Crippen molar-refractivity contribution in [3.8, 4) is 5.69 Å². The third-order valence-corrected chi connectivity index (χ3v) is 4.40. The standard InChI is InChI=1S/C17H11ClF3N5O/c1-22-16-24-12-8-6-7-11(17(19,20)21)23-14(8)26(15(27)13(12)25-16)10-5-3-2-4-9(10)18/h2-7H,1H3,(H2,22,24,25). The van der Waals surface area contributed by atoms with Crippen molar-refractivity contribution in [3.63, 3.8) is 0 Å². The van der Waals surface area contributed by atoms with Gasteiger partial charge in [-0.2, -0.15) is 13.2 Å². The second-order valence-electron chi connectivity index (χ2n) is 5.72. The van der Waals surface area contributed by atoms with E-state index in [1.165, 1.54) is 12.1 Å². The molecule has 0 bridgehead atoms. The Bertz CT molecular complexity index is 1250. The number of nitrogens with one attached hydrogen (secondary N) is 2. The number of benzene rings is 1. The molecule has 0 fully saturated rings. The molecule has 0 unspecified atom stereocenters. The van der Waals surface area contributed by atoms with Gasteiger partial charge < -0.3 is 10.3 Å². The van der Waals surface area contributed by atoms with Crippen LogP contribution in [0.4, 0.5) is 19.1 Å². The minimum absolute atomic E-state index is 0.133. The minimum Gasteiger partial charge on any atom is -0.359 e. The molecule has 6 nitrogen and oxygen atoms in total. The van der Waals surface area contributed by atoms with Crippen molar-refractivity contribution in [1.82, 2.24) is 19.5 Å². The molecule has 0 saturated carbocycles. The molecular formula is C17H11ClF3N5O. The highest BCUT2D eigenvalue weighted by Crippen LogP contribution is 2.32. The normalized spacial score (nSPS) is 12.0. The van der Waals surface area contributed by atoms with E-state index in [2.05, 4.69) is 20.3 Å². The van der Waals surface area contributed by atoms with Gasteiger partial charge in [0.05, 0.1) is 10.7 Å². The van der Waals surface area contributed by atoms with Crippen molar-refractivity contribution in [3.05, 3.63) is 57.5 Å². The number of rotatable bonds is 2. The van der Waals surface area contributed by atoms with Crippen LogP contribution in [0, 0.1) is 0 Å². The van der Waals surface area contributed by atoms with E-state index in [0.717, 1.165) is 10.6 Å². The van der Waals surface area contributed by atoms with E-state index < -0.39 is 17.4 Å². The Hall–Kier alpha value is -3.07.